The summed E-state index contributed by atoms with van der Waals surface area (Å²) in [5.41, 5.74) is 2.10. The van der Waals surface area contributed by atoms with Crippen molar-refractivity contribution in [1.82, 2.24) is 9.58 Å². The third-order valence-electron chi connectivity index (χ3n) is 4.86. The predicted molar refractivity (Wildman–Crippen MR) is 123 cm³/mol. The second-order valence-corrected chi connectivity index (χ2v) is 8.04. The molecule has 0 saturated heterocycles. The summed E-state index contributed by atoms with van der Waals surface area (Å²) in [5.74, 6) is 0.992. The maximum atomic E-state index is 12.5. The number of rotatable bonds is 7. The van der Waals surface area contributed by atoms with Gasteiger partial charge in [-0.25, -0.2) is 0 Å². The molecule has 1 amide bonds. The van der Waals surface area contributed by atoms with Gasteiger partial charge in [-0.15, -0.1) is 0 Å². The molecule has 1 aromatic carbocycles. The number of nitrogens with one attached hydrogen (secondary N) is 1. The molecule has 0 fully saturated rings. The van der Waals surface area contributed by atoms with Crippen molar-refractivity contribution in [2.75, 3.05) is 13.7 Å². The molecule has 2 aliphatic heterocycles. The highest BCUT2D eigenvalue weighted by atomic mass is 32.2. The van der Waals surface area contributed by atoms with E-state index in [2.05, 4.69) is 10.1 Å². The average molecular weight is 438 g/mol. The van der Waals surface area contributed by atoms with Gasteiger partial charge in [0.2, 0.25) is 5.17 Å². The van der Waals surface area contributed by atoms with E-state index in [1.807, 2.05) is 54.9 Å². The van der Waals surface area contributed by atoms with Crippen LogP contribution in [-0.4, -0.2) is 45.2 Å². The molecule has 160 valence electrons. The first-order valence-corrected chi connectivity index (χ1v) is 10.7. The molecular weight excluding hydrogens is 414 g/mol. The van der Waals surface area contributed by atoms with Gasteiger partial charge in [0.25, 0.3) is 5.91 Å². The number of fused-ring (bicyclic) bond motifs is 1. The fourth-order valence-corrected chi connectivity index (χ4v) is 4.06. The van der Waals surface area contributed by atoms with E-state index in [9.17, 15) is 4.79 Å². The van der Waals surface area contributed by atoms with Crippen LogP contribution in [0.15, 0.2) is 52.2 Å². The highest BCUT2D eigenvalue weighted by Crippen LogP contribution is 2.30. The second-order valence-electron chi connectivity index (χ2n) is 7.00. The third-order valence-corrected chi connectivity index (χ3v) is 5.92. The largest absolute Gasteiger partial charge is 0.493 e. The number of aromatic nitrogens is 1. The van der Waals surface area contributed by atoms with E-state index < -0.39 is 5.91 Å². The monoisotopic (exact) mass is 437 g/mol. The molecule has 4 rings (SSSR count). The molecule has 1 aromatic heterocycles. The molecule has 0 saturated carbocycles. The standard InChI is InChI=1S/C22H23N5O3S/c1-4-19-25-27-20(23)16(21(28)24-22(27)31-19)13-15-6-5-9-26(15)10-11-30-17-8-7-14(2)12-18(17)29-3/h5-9,12-13,23H,4,10-11H2,1-3H3. The first-order chi connectivity index (χ1) is 15.0. The van der Waals surface area contributed by atoms with Gasteiger partial charge in [0, 0.05) is 11.9 Å². The fourth-order valence-electron chi connectivity index (χ4n) is 3.23. The zero-order chi connectivity index (χ0) is 22.0. The van der Waals surface area contributed by atoms with Crippen LogP contribution >= 0.6 is 11.8 Å². The number of hydrazone groups is 1. The number of ether oxygens (including phenoxy) is 2. The topological polar surface area (TPSA) is 92.3 Å². The summed E-state index contributed by atoms with van der Waals surface area (Å²) in [5, 5.41) is 15.5. The molecule has 3 heterocycles. The molecule has 9 heteroatoms. The normalized spacial score (nSPS) is 17.0. The number of thioether (sulfide) groups is 1. The number of hydrogen-bond acceptors (Lipinski definition) is 6. The van der Waals surface area contributed by atoms with Crippen LogP contribution in [0.2, 0.25) is 0 Å². The van der Waals surface area contributed by atoms with E-state index in [1.165, 1.54) is 16.8 Å². The van der Waals surface area contributed by atoms with Gasteiger partial charge in [0.1, 0.15) is 11.7 Å². The van der Waals surface area contributed by atoms with Crippen molar-refractivity contribution in [2.45, 2.75) is 26.8 Å². The smallest absolute Gasteiger partial charge is 0.283 e. The van der Waals surface area contributed by atoms with E-state index in [0.717, 1.165) is 22.7 Å². The quantitative estimate of drug-likeness (QED) is 0.663. The number of amidine groups is 2. The summed E-state index contributed by atoms with van der Waals surface area (Å²) in [7, 11) is 1.62. The Kier molecular flexibility index (Phi) is 5.94. The van der Waals surface area contributed by atoms with Crippen molar-refractivity contribution in [3.05, 3.63) is 53.4 Å². The van der Waals surface area contributed by atoms with E-state index in [-0.39, 0.29) is 11.4 Å². The number of carbonyl (C=O) groups excluding carboxylic acids is 1. The number of aryl methyl sites for hydroxylation is 1. The Morgan fingerprint density at radius 3 is 2.87 bits per heavy atom. The summed E-state index contributed by atoms with van der Waals surface area (Å²) < 4.78 is 13.2. The van der Waals surface area contributed by atoms with Crippen LogP contribution in [0.4, 0.5) is 0 Å². The minimum Gasteiger partial charge on any atom is -0.493 e. The van der Waals surface area contributed by atoms with Crippen LogP contribution in [0.25, 0.3) is 6.08 Å². The maximum absolute atomic E-state index is 12.5. The molecule has 1 N–H and O–H groups in total. The zero-order valence-electron chi connectivity index (χ0n) is 17.6. The van der Waals surface area contributed by atoms with Gasteiger partial charge in [0.05, 0.1) is 19.2 Å². The molecule has 0 spiro atoms. The molecule has 0 unspecified atom stereocenters. The number of methoxy groups -OCH3 is 1. The van der Waals surface area contributed by atoms with Gasteiger partial charge in [-0.2, -0.15) is 15.1 Å². The molecule has 31 heavy (non-hydrogen) atoms. The van der Waals surface area contributed by atoms with Gasteiger partial charge in [-0.3, -0.25) is 10.2 Å². The van der Waals surface area contributed by atoms with Gasteiger partial charge in [-0.1, -0.05) is 13.0 Å². The fraction of sp³-hybridized carbons (Fsp3) is 0.273. The highest BCUT2D eigenvalue weighted by Gasteiger charge is 2.35. The Hall–Kier alpha value is -3.33. The van der Waals surface area contributed by atoms with E-state index >= 15 is 0 Å². The number of benzene rings is 1. The van der Waals surface area contributed by atoms with Crippen molar-refractivity contribution in [1.29, 1.82) is 5.41 Å². The van der Waals surface area contributed by atoms with Crippen molar-refractivity contribution in [3.63, 3.8) is 0 Å². The molecule has 0 atom stereocenters. The van der Waals surface area contributed by atoms with Crippen LogP contribution < -0.4 is 9.47 Å². The number of nitrogens with zero attached hydrogens (tertiary/aromatic N) is 4. The van der Waals surface area contributed by atoms with Gasteiger partial charge in [-0.05, 0) is 61.0 Å². The number of carbonyl (C=O) groups is 1. The Balaban J connectivity index is 1.49. The van der Waals surface area contributed by atoms with Gasteiger partial charge >= 0.3 is 0 Å². The molecule has 2 aromatic rings. The number of hydrogen-bond donors (Lipinski definition) is 1. The van der Waals surface area contributed by atoms with Crippen LogP contribution in [0.3, 0.4) is 0 Å². The lowest BCUT2D eigenvalue weighted by Crippen LogP contribution is -2.35. The van der Waals surface area contributed by atoms with E-state index in [4.69, 9.17) is 14.9 Å². The van der Waals surface area contributed by atoms with Gasteiger partial charge < -0.3 is 14.0 Å². The summed E-state index contributed by atoms with van der Waals surface area (Å²) in [4.78, 5) is 16.6. The third kappa shape index (κ3) is 4.27. The molecule has 8 nitrogen and oxygen atoms in total. The Morgan fingerprint density at radius 2 is 2.10 bits per heavy atom. The molecule has 2 aliphatic rings. The predicted octanol–water partition coefficient (Wildman–Crippen LogP) is 3.91. The lowest BCUT2D eigenvalue weighted by molar-refractivity contribution is -0.114. The first-order valence-electron chi connectivity index (χ1n) is 9.91. The summed E-state index contributed by atoms with van der Waals surface area (Å²) in [6.07, 6.45) is 4.32. The SMILES string of the molecule is CCC1=NN2C(=N)C(=Cc3cccn3CCOc3ccc(C)cc3OC)C(=O)N=C2S1. The van der Waals surface area contributed by atoms with Crippen LogP contribution in [0.1, 0.15) is 24.6 Å². The number of amides is 1. The first kappa shape index (κ1) is 20.9. The minimum absolute atomic E-state index is 0.0411. The van der Waals surface area contributed by atoms with Crippen molar-refractivity contribution in [2.24, 2.45) is 10.1 Å². The van der Waals surface area contributed by atoms with E-state index in [0.29, 0.717) is 29.8 Å². The Morgan fingerprint density at radius 1 is 1.26 bits per heavy atom. The summed E-state index contributed by atoms with van der Waals surface area (Å²) in [6.45, 7) is 4.97. The van der Waals surface area contributed by atoms with Gasteiger partial charge in [0.15, 0.2) is 17.3 Å². The van der Waals surface area contributed by atoms with Crippen molar-refractivity contribution >= 4 is 39.8 Å². The lowest BCUT2D eigenvalue weighted by Gasteiger charge is -2.20. The summed E-state index contributed by atoms with van der Waals surface area (Å²) in [6, 6.07) is 9.58. The average Bonchev–Trinajstić information content (AvgIpc) is 3.38. The number of aliphatic imine (C=N–C) groups is 1. The molecule has 0 bridgehead atoms. The minimum atomic E-state index is -0.426. The van der Waals surface area contributed by atoms with Crippen LogP contribution in [-0.2, 0) is 11.3 Å². The maximum Gasteiger partial charge on any atom is 0.283 e. The Bertz CT molecular complexity index is 1130. The molecular formula is C22H23N5O3S. The lowest BCUT2D eigenvalue weighted by atomic mass is 10.1. The molecule has 0 aliphatic carbocycles. The zero-order valence-corrected chi connectivity index (χ0v) is 18.4. The van der Waals surface area contributed by atoms with Crippen LogP contribution in [0, 0.1) is 12.3 Å². The van der Waals surface area contributed by atoms with Crippen LogP contribution in [0.5, 0.6) is 11.5 Å². The van der Waals surface area contributed by atoms with Crippen molar-refractivity contribution < 1.29 is 14.3 Å². The molecule has 0 radical (unpaired) electrons. The summed E-state index contributed by atoms with van der Waals surface area (Å²) >= 11 is 1.33. The van der Waals surface area contributed by atoms with Crippen molar-refractivity contribution in [3.8, 4) is 11.5 Å². The second kappa shape index (κ2) is 8.81. The Labute approximate surface area is 184 Å². The highest BCUT2D eigenvalue weighted by molar-refractivity contribution is 8.26. The van der Waals surface area contributed by atoms with E-state index in [1.54, 1.807) is 13.2 Å².